The predicted octanol–water partition coefficient (Wildman–Crippen LogP) is 2.14. The Bertz CT molecular complexity index is 286. The SMILES string of the molecule is COC(=O)C(C)(CCOCCOC(C)(C)C)NC(C)C. The molecule has 0 spiro atoms. The molecular formula is C15H31NO4. The monoisotopic (exact) mass is 289 g/mol. The molecule has 0 aromatic heterocycles. The summed E-state index contributed by atoms with van der Waals surface area (Å²) in [6.45, 7) is 13.4. The first-order valence-corrected chi connectivity index (χ1v) is 7.18. The van der Waals surface area contributed by atoms with E-state index in [1.54, 1.807) is 0 Å². The van der Waals surface area contributed by atoms with Gasteiger partial charge in [-0.25, -0.2) is 0 Å². The zero-order valence-electron chi connectivity index (χ0n) is 14.0. The van der Waals surface area contributed by atoms with Crippen molar-refractivity contribution < 1.29 is 19.0 Å². The maximum atomic E-state index is 11.9. The minimum atomic E-state index is -0.714. The summed E-state index contributed by atoms with van der Waals surface area (Å²) in [5.74, 6) is -0.263. The van der Waals surface area contributed by atoms with Crippen LogP contribution >= 0.6 is 0 Å². The lowest BCUT2D eigenvalue weighted by atomic mass is 9.97. The molecule has 0 aromatic rings. The van der Waals surface area contributed by atoms with Gasteiger partial charge in [-0.15, -0.1) is 0 Å². The summed E-state index contributed by atoms with van der Waals surface area (Å²) in [6, 6.07) is 0.198. The van der Waals surface area contributed by atoms with Gasteiger partial charge in [0, 0.05) is 12.6 Å². The fourth-order valence-electron chi connectivity index (χ4n) is 1.88. The third-order valence-electron chi connectivity index (χ3n) is 2.75. The van der Waals surface area contributed by atoms with Crippen LogP contribution in [-0.4, -0.2) is 50.1 Å². The molecule has 1 atom stereocenters. The number of rotatable bonds is 9. The number of nitrogens with one attached hydrogen (secondary N) is 1. The molecule has 20 heavy (non-hydrogen) atoms. The van der Waals surface area contributed by atoms with Crippen molar-refractivity contribution in [2.75, 3.05) is 26.9 Å². The van der Waals surface area contributed by atoms with E-state index in [9.17, 15) is 4.79 Å². The molecule has 1 unspecified atom stereocenters. The molecule has 5 nitrogen and oxygen atoms in total. The van der Waals surface area contributed by atoms with Crippen molar-refractivity contribution in [3.63, 3.8) is 0 Å². The molecule has 5 heteroatoms. The number of methoxy groups -OCH3 is 1. The normalized spacial score (nSPS) is 15.2. The molecule has 0 saturated heterocycles. The third kappa shape index (κ3) is 8.51. The Morgan fingerprint density at radius 2 is 1.70 bits per heavy atom. The molecule has 0 saturated carbocycles. The quantitative estimate of drug-likeness (QED) is 0.520. The number of carbonyl (C=O) groups excluding carboxylic acids is 1. The average molecular weight is 289 g/mol. The van der Waals surface area contributed by atoms with Gasteiger partial charge in [0.15, 0.2) is 0 Å². The van der Waals surface area contributed by atoms with E-state index in [4.69, 9.17) is 14.2 Å². The molecule has 0 heterocycles. The van der Waals surface area contributed by atoms with Crippen molar-refractivity contribution in [1.29, 1.82) is 0 Å². The van der Waals surface area contributed by atoms with Crippen LogP contribution in [0.2, 0.25) is 0 Å². The van der Waals surface area contributed by atoms with E-state index in [1.165, 1.54) is 7.11 Å². The molecule has 0 fully saturated rings. The van der Waals surface area contributed by atoms with E-state index in [-0.39, 0.29) is 17.6 Å². The largest absolute Gasteiger partial charge is 0.468 e. The first-order chi connectivity index (χ1) is 9.10. The number of ether oxygens (including phenoxy) is 3. The lowest BCUT2D eigenvalue weighted by Gasteiger charge is -2.30. The summed E-state index contributed by atoms with van der Waals surface area (Å²) in [4.78, 5) is 11.9. The van der Waals surface area contributed by atoms with Gasteiger partial charge in [-0.2, -0.15) is 0 Å². The van der Waals surface area contributed by atoms with E-state index < -0.39 is 5.54 Å². The van der Waals surface area contributed by atoms with Crippen molar-refractivity contribution in [1.82, 2.24) is 5.32 Å². The molecule has 0 bridgehead atoms. The minimum absolute atomic E-state index is 0.150. The predicted molar refractivity (Wildman–Crippen MR) is 79.8 cm³/mol. The fraction of sp³-hybridized carbons (Fsp3) is 0.933. The Balaban J connectivity index is 4.06. The van der Waals surface area contributed by atoms with Gasteiger partial charge in [0.1, 0.15) is 5.54 Å². The van der Waals surface area contributed by atoms with Crippen LogP contribution in [0.1, 0.15) is 48.0 Å². The van der Waals surface area contributed by atoms with E-state index in [2.05, 4.69) is 5.32 Å². The summed E-state index contributed by atoms with van der Waals surface area (Å²) in [6.07, 6.45) is 0.563. The highest BCUT2D eigenvalue weighted by Crippen LogP contribution is 2.13. The van der Waals surface area contributed by atoms with Crippen LogP contribution in [0.15, 0.2) is 0 Å². The third-order valence-corrected chi connectivity index (χ3v) is 2.75. The van der Waals surface area contributed by atoms with Gasteiger partial charge in [0.2, 0.25) is 0 Å². The van der Waals surface area contributed by atoms with Gasteiger partial charge in [0.05, 0.1) is 25.9 Å². The second-order valence-electron chi connectivity index (χ2n) is 6.45. The first kappa shape index (κ1) is 19.4. The standard InChI is InChI=1S/C15H31NO4/c1-12(2)16-15(6,13(17)18-7)8-9-19-10-11-20-14(3,4)5/h12,16H,8-11H2,1-7H3. The number of esters is 1. The second-order valence-corrected chi connectivity index (χ2v) is 6.45. The number of hydrogen-bond acceptors (Lipinski definition) is 5. The van der Waals surface area contributed by atoms with Crippen LogP contribution in [0.4, 0.5) is 0 Å². The van der Waals surface area contributed by atoms with Gasteiger partial charge in [0.25, 0.3) is 0 Å². The summed E-state index contributed by atoms with van der Waals surface area (Å²) < 4.78 is 15.9. The molecule has 120 valence electrons. The van der Waals surface area contributed by atoms with Gasteiger partial charge in [-0.1, -0.05) is 0 Å². The van der Waals surface area contributed by atoms with Crippen LogP contribution < -0.4 is 5.32 Å². The van der Waals surface area contributed by atoms with E-state index in [0.717, 1.165) is 0 Å². The zero-order chi connectivity index (χ0) is 15.8. The zero-order valence-corrected chi connectivity index (χ0v) is 14.0. The summed E-state index contributed by atoms with van der Waals surface area (Å²) >= 11 is 0. The molecule has 0 rings (SSSR count). The molecule has 0 aliphatic heterocycles. The second kappa shape index (κ2) is 8.60. The van der Waals surface area contributed by atoms with Crippen molar-refractivity contribution >= 4 is 5.97 Å². The Kier molecular flexibility index (Phi) is 8.32. The van der Waals surface area contributed by atoms with Gasteiger partial charge in [-0.3, -0.25) is 10.1 Å². The summed E-state index contributed by atoms with van der Waals surface area (Å²) in [7, 11) is 1.40. The van der Waals surface area contributed by atoms with Gasteiger partial charge in [-0.05, 0) is 48.0 Å². The van der Waals surface area contributed by atoms with Gasteiger partial charge < -0.3 is 14.2 Å². The highest BCUT2D eigenvalue weighted by Gasteiger charge is 2.34. The average Bonchev–Trinajstić information content (AvgIpc) is 2.30. The van der Waals surface area contributed by atoms with Gasteiger partial charge >= 0.3 is 5.97 Å². The van der Waals surface area contributed by atoms with E-state index >= 15 is 0 Å². The molecule has 0 aromatic carbocycles. The fourth-order valence-corrected chi connectivity index (χ4v) is 1.88. The Morgan fingerprint density at radius 3 is 2.15 bits per heavy atom. The Hall–Kier alpha value is -0.650. The Labute approximate surface area is 123 Å². The molecule has 0 aliphatic rings. The van der Waals surface area contributed by atoms with Crippen LogP contribution in [0.5, 0.6) is 0 Å². The minimum Gasteiger partial charge on any atom is -0.468 e. The topological polar surface area (TPSA) is 56.8 Å². The summed E-state index contributed by atoms with van der Waals surface area (Å²) in [5.41, 5.74) is -0.864. The van der Waals surface area contributed by atoms with Crippen LogP contribution in [-0.2, 0) is 19.0 Å². The highest BCUT2D eigenvalue weighted by molar-refractivity contribution is 5.80. The van der Waals surface area contributed by atoms with Crippen LogP contribution in [0, 0.1) is 0 Å². The van der Waals surface area contributed by atoms with E-state index in [0.29, 0.717) is 26.2 Å². The molecule has 0 amide bonds. The van der Waals surface area contributed by atoms with Crippen molar-refractivity contribution in [3.05, 3.63) is 0 Å². The van der Waals surface area contributed by atoms with Crippen molar-refractivity contribution in [3.8, 4) is 0 Å². The first-order valence-electron chi connectivity index (χ1n) is 7.18. The highest BCUT2D eigenvalue weighted by atomic mass is 16.5. The number of hydrogen-bond donors (Lipinski definition) is 1. The van der Waals surface area contributed by atoms with Crippen molar-refractivity contribution in [2.45, 2.75) is 65.1 Å². The smallest absolute Gasteiger partial charge is 0.325 e. The van der Waals surface area contributed by atoms with E-state index in [1.807, 2.05) is 41.5 Å². The van der Waals surface area contributed by atoms with Crippen LogP contribution in [0.3, 0.4) is 0 Å². The maximum absolute atomic E-state index is 11.9. The Morgan fingerprint density at radius 1 is 1.10 bits per heavy atom. The van der Waals surface area contributed by atoms with Crippen LogP contribution in [0.25, 0.3) is 0 Å². The molecule has 0 radical (unpaired) electrons. The lowest BCUT2D eigenvalue weighted by Crippen LogP contribution is -2.53. The molecule has 0 aliphatic carbocycles. The maximum Gasteiger partial charge on any atom is 0.325 e. The number of carbonyl (C=O) groups is 1. The molecular weight excluding hydrogens is 258 g/mol. The van der Waals surface area contributed by atoms with Crippen molar-refractivity contribution in [2.24, 2.45) is 0 Å². The molecule has 1 N–H and O–H groups in total. The lowest BCUT2D eigenvalue weighted by molar-refractivity contribution is -0.149. The summed E-state index contributed by atoms with van der Waals surface area (Å²) in [5, 5.41) is 3.24.